The van der Waals surface area contributed by atoms with Crippen LogP contribution < -0.4 is 4.74 Å². The minimum atomic E-state index is -4.72. The van der Waals surface area contributed by atoms with Gasteiger partial charge in [0.2, 0.25) is 0 Å². The number of ether oxygens (including phenoxy) is 2. The van der Waals surface area contributed by atoms with E-state index in [2.05, 4.69) is 4.74 Å². The third-order valence-corrected chi connectivity index (χ3v) is 2.27. The second kappa shape index (κ2) is 6.56. The fourth-order valence-corrected chi connectivity index (χ4v) is 1.53. The van der Waals surface area contributed by atoms with Gasteiger partial charge in [0.15, 0.2) is 5.78 Å². The number of benzene rings is 1. The van der Waals surface area contributed by atoms with E-state index >= 15 is 0 Å². The van der Waals surface area contributed by atoms with E-state index in [4.69, 9.17) is 4.74 Å². The van der Waals surface area contributed by atoms with Gasteiger partial charge in [-0.1, -0.05) is 19.1 Å². The zero-order valence-corrected chi connectivity index (χ0v) is 10.7. The zero-order valence-electron chi connectivity index (χ0n) is 10.7. The van der Waals surface area contributed by atoms with Gasteiger partial charge in [0, 0.05) is 6.61 Å². The number of rotatable bonds is 6. The highest BCUT2D eigenvalue weighted by atomic mass is 19.4. The number of ketones is 1. The van der Waals surface area contributed by atoms with Gasteiger partial charge in [-0.2, -0.15) is 0 Å². The van der Waals surface area contributed by atoms with Crippen molar-refractivity contribution < 1.29 is 27.4 Å². The minimum Gasteiger partial charge on any atom is -0.406 e. The summed E-state index contributed by atoms with van der Waals surface area (Å²) in [5.41, 5.74) is 0.510. The standard InChI is InChI=1S/C13H15F3O3/c1-3-8-18-12(9(2)17)10-4-6-11(7-5-10)19-13(14,15)16/h4-7,12H,3,8H2,1-2H3. The summed E-state index contributed by atoms with van der Waals surface area (Å²) in [6.45, 7) is 3.68. The van der Waals surface area contributed by atoms with Crippen LogP contribution in [0.3, 0.4) is 0 Å². The van der Waals surface area contributed by atoms with Crippen LogP contribution in [0.15, 0.2) is 24.3 Å². The highest BCUT2D eigenvalue weighted by Gasteiger charge is 2.31. The van der Waals surface area contributed by atoms with Crippen molar-refractivity contribution in [2.75, 3.05) is 6.61 Å². The molecule has 1 aromatic carbocycles. The Morgan fingerprint density at radius 2 is 1.84 bits per heavy atom. The van der Waals surface area contributed by atoms with Gasteiger partial charge in [-0.25, -0.2) is 0 Å². The SMILES string of the molecule is CCCOC(C(C)=O)c1ccc(OC(F)(F)F)cc1. The monoisotopic (exact) mass is 276 g/mol. The molecule has 1 unspecified atom stereocenters. The second-order valence-corrected chi connectivity index (χ2v) is 3.98. The summed E-state index contributed by atoms with van der Waals surface area (Å²) in [5.74, 6) is -0.521. The Kier molecular flexibility index (Phi) is 5.35. The molecule has 0 fully saturated rings. The molecule has 0 aliphatic rings. The number of hydrogen-bond donors (Lipinski definition) is 0. The van der Waals surface area contributed by atoms with Gasteiger partial charge < -0.3 is 9.47 Å². The van der Waals surface area contributed by atoms with E-state index < -0.39 is 12.5 Å². The summed E-state index contributed by atoms with van der Waals surface area (Å²) in [6.07, 6.45) is -4.72. The molecule has 0 aromatic heterocycles. The van der Waals surface area contributed by atoms with E-state index in [-0.39, 0.29) is 11.5 Å². The van der Waals surface area contributed by atoms with Gasteiger partial charge in [-0.05, 0) is 31.0 Å². The highest BCUT2D eigenvalue weighted by Crippen LogP contribution is 2.26. The van der Waals surface area contributed by atoms with Crippen LogP contribution in [0.5, 0.6) is 5.75 Å². The quantitative estimate of drug-likeness (QED) is 0.795. The fraction of sp³-hybridized carbons (Fsp3) is 0.462. The fourth-order valence-electron chi connectivity index (χ4n) is 1.53. The predicted molar refractivity (Wildman–Crippen MR) is 62.8 cm³/mol. The molecule has 0 spiro atoms. The number of hydrogen-bond acceptors (Lipinski definition) is 3. The first-order valence-electron chi connectivity index (χ1n) is 5.81. The van der Waals surface area contributed by atoms with Gasteiger partial charge in [0.05, 0.1) is 0 Å². The van der Waals surface area contributed by atoms with Crippen molar-refractivity contribution in [1.82, 2.24) is 0 Å². The van der Waals surface area contributed by atoms with Crippen molar-refractivity contribution in [3.8, 4) is 5.75 Å². The Morgan fingerprint density at radius 3 is 2.26 bits per heavy atom. The Labute approximate surface area is 109 Å². The number of carbonyl (C=O) groups excluding carboxylic acids is 1. The predicted octanol–water partition coefficient (Wildman–Crippen LogP) is 3.64. The normalized spacial score (nSPS) is 13.1. The van der Waals surface area contributed by atoms with E-state index in [0.717, 1.165) is 18.6 Å². The van der Waals surface area contributed by atoms with Crippen LogP contribution in [0.25, 0.3) is 0 Å². The average molecular weight is 276 g/mol. The summed E-state index contributed by atoms with van der Waals surface area (Å²) in [7, 11) is 0. The van der Waals surface area contributed by atoms with Gasteiger partial charge in [0.1, 0.15) is 11.9 Å². The van der Waals surface area contributed by atoms with Gasteiger partial charge in [-0.15, -0.1) is 13.2 Å². The Balaban J connectivity index is 2.80. The maximum absolute atomic E-state index is 12.0. The van der Waals surface area contributed by atoms with Crippen molar-refractivity contribution in [1.29, 1.82) is 0 Å². The van der Waals surface area contributed by atoms with Crippen molar-refractivity contribution >= 4 is 5.78 Å². The molecule has 0 saturated carbocycles. The van der Waals surface area contributed by atoms with Crippen molar-refractivity contribution in [3.63, 3.8) is 0 Å². The van der Waals surface area contributed by atoms with Gasteiger partial charge in [-0.3, -0.25) is 4.79 Å². The Bertz CT molecular complexity index is 412. The van der Waals surface area contributed by atoms with Crippen LogP contribution >= 0.6 is 0 Å². The number of Topliss-reactive ketones (excluding diaryl/α,β-unsaturated/α-hetero) is 1. The Hall–Kier alpha value is -1.56. The second-order valence-electron chi connectivity index (χ2n) is 3.98. The molecule has 0 radical (unpaired) electrons. The molecule has 0 heterocycles. The van der Waals surface area contributed by atoms with E-state index in [1.807, 2.05) is 6.92 Å². The van der Waals surface area contributed by atoms with Crippen LogP contribution in [0, 0.1) is 0 Å². The molecule has 0 amide bonds. The van der Waals surface area contributed by atoms with E-state index in [9.17, 15) is 18.0 Å². The van der Waals surface area contributed by atoms with Gasteiger partial charge >= 0.3 is 6.36 Å². The molecular formula is C13H15F3O3. The summed E-state index contributed by atoms with van der Waals surface area (Å²) in [5, 5.41) is 0. The van der Waals surface area contributed by atoms with Crippen molar-refractivity contribution in [2.45, 2.75) is 32.7 Å². The largest absolute Gasteiger partial charge is 0.573 e. The van der Waals surface area contributed by atoms with Gasteiger partial charge in [0.25, 0.3) is 0 Å². The maximum Gasteiger partial charge on any atom is 0.573 e. The summed E-state index contributed by atoms with van der Waals surface area (Å²) in [4.78, 5) is 11.4. The molecule has 0 N–H and O–H groups in total. The van der Waals surface area contributed by atoms with E-state index in [0.29, 0.717) is 12.2 Å². The third kappa shape index (κ3) is 5.30. The average Bonchev–Trinajstić information content (AvgIpc) is 2.29. The molecule has 1 rings (SSSR count). The van der Waals surface area contributed by atoms with E-state index in [1.165, 1.54) is 19.1 Å². The lowest BCUT2D eigenvalue weighted by Crippen LogP contribution is -2.17. The van der Waals surface area contributed by atoms with Crippen LogP contribution in [0.4, 0.5) is 13.2 Å². The zero-order chi connectivity index (χ0) is 14.5. The molecule has 0 bridgehead atoms. The number of halogens is 3. The first-order valence-corrected chi connectivity index (χ1v) is 5.81. The minimum absolute atomic E-state index is 0.196. The summed E-state index contributed by atoms with van der Waals surface area (Å²) in [6, 6.07) is 5.10. The first kappa shape index (κ1) is 15.5. The highest BCUT2D eigenvalue weighted by molar-refractivity contribution is 5.81. The summed E-state index contributed by atoms with van der Waals surface area (Å²) < 4.78 is 45.1. The van der Waals surface area contributed by atoms with Crippen molar-refractivity contribution in [2.24, 2.45) is 0 Å². The first-order chi connectivity index (χ1) is 8.83. The molecule has 0 aliphatic heterocycles. The molecule has 3 nitrogen and oxygen atoms in total. The smallest absolute Gasteiger partial charge is 0.406 e. The molecular weight excluding hydrogens is 261 g/mol. The number of carbonyl (C=O) groups is 1. The van der Waals surface area contributed by atoms with E-state index in [1.54, 1.807) is 0 Å². The van der Waals surface area contributed by atoms with Crippen molar-refractivity contribution in [3.05, 3.63) is 29.8 Å². The molecule has 1 aromatic rings. The third-order valence-electron chi connectivity index (χ3n) is 2.27. The topological polar surface area (TPSA) is 35.5 Å². The molecule has 106 valence electrons. The summed E-state index contributed by atoms with van der Waals surface area (Å²) >= 11 is 0. The molecule has 0 saturated heterocycles. The van der Waals surface area contributed by atoms with Crippen LogP contribution in [-0.4, -0.2) is 18.8 Å². The molecule has 19 heavy (non-hydrogen) atoms. The number of alkyl halides is 3. The molecule has 6 heteroatoms. The van der Waals surface area contributed by atoms with Crippen LogP contribution in [-0.2, 0) is 9.53 Å². The lowest BCUT2D eigenvalue weighted by atomic mass is 10.1. The molecule has 1 atom stereocenters. The van der Waals surface area contributed by atoms with Crippen LogP contribution in [0.1, 0.15) is 31.9 Å². The maximum atomic E-state index is 12.0. The lowest BCUT2D eigenvalue weighted by molar-refractivity contribution is -0.274. The van der Waals surface area contributed by atoms with Crippen LogP contribution in [0.2, 0.25) is 0 Å². The lowest BCUT2D eigenvalue weighted by Gasteiger charge is -2.16. The Morgan fingerprint density at radius 1 is 1.26 bits per heavy atom. The molecule has 0 aliphatic carbocycles.